The molecule has 2 aromatic rings. The fraction of sp³-hybridized carbons (Fsp3) is 0.455. The molecule has 0 saturated carbocycles. The van der Waals surface area contributed by atoms with E-state index >= 15 is 0 Å². The van der Waals surface area contributed by atoms with Crippen molar-refractivity contribution in [1.82, 2.24) is 20.1 Å². The van der Waals surface area contributed by atoms with Gasteiger partial charge in [0.1, 0.15) is 6.33 Å². The largest absolute Gasteiger partial charge is 0.364 e. The molecule has 10 nitrogen and oxygen atoms in total. The third-order valence-electron chi connectivity index (χ3n) is 2.53. The van der Waals surface area contributed by atoms with Gasteiger partial charge in [-0.2, -0.15) is 4.98 Å². The summed E-state index contributed by atoms with van der Waals surface area (Å²) in [5, 5.41) is 20.6. The normalized spacial score (nSPS) is 10.4. The van der Waals surface area contributed by atoms with Gasteiger partial charge in [-0.25, -0.2) is 9.97 Å². The Morgan fingerprint density at radius 1 is 1.33 bits per heavy atom. The summed E-state index contributed by atoms with van der Waals surface area (Å²) < 4.78 is 4.83. The number of aromatic nitrogens is 4. The van der Waals surface area contributed by atoms with Gasteiger partial charge in [-0.3, -0.25) is 10.1 Å². The van der Waals surface area contributed by atoms with E-state index in [0.717, 1.165) is 6.42 Å². The van der Waals surface area contributed by atoms with Crippen LogP contribution in [0.25, 0.3) is 0 Å². The molecule has 2 rings (SSSR count). The van der Waals surface area contributed by atoms with Crippen molar-refractivity contribution in [2.45, 2.75) is 26.8 Å². The second-order valence-corrected chi connectivity index (χ2v) is 4.19. The van der Waals surface area contributed by atoms with Gasteiger partial charge in [0.2, 0.25) is 17.5 Å². The molecule has 21 heavy (non-hydrogen) atoms. The van der Waals surface area contributed by atoms with Crippen LogP contribution in [-0.2, 0) is 6.54 Å². The fourth-order valence-electron chi connectivity index (χ4n) is 1.63. The lowest BCUT2D eigenvalue weighted by molar-refractivity contribution is -0.383. The number of hydrogen-bond donors (Lipinski definition) is 2. The summed E-state index contributed by atoms with van der Waals surface area (Å²) in [4.78, 5) is 22.5. The Labute approximate surface area is 120 Å². The monoisotopic (exact) mass is 293 g/mol. The van der Waals surface area contributed by atoms with Gasteiger partial charge < -0.3 is 15.2 Å². The molecule has 0 amide bonds. The van der Waals surface area contributed by atoms with Crippen molar-refractivity contribution in [1.29, 1.82) is 0 Å². The third kappa shape index (κ3) is 3.61. The molecule has 2 N–H and O–H groups in total. The number of hydrogen-bond acceptors (Lipinski definition) is 9. The molecule has 0 spiro atoms. The zero-order valence-corrected chi connectivity index (χ0v) is 11.7. The lowest BCUT2D eigenvalue weighted by Gasteiger charge is -2.08. The van der Waals surface area contributed by atoms with Gasteiger partial charge in [0.05, 0.1) is 11.5 Å². The molecule has 0 aliphatic heterocycles. The summed E-state index contributed by atoms with van der Waals surface area (Å²) in [7, 11) is 0. The van der Waals surface area contributed by atoms with E-state index in [-0.39, 0.29) is 23.9 Å². The Hall–Kier alpha value is -2.78. The smallest absolute Gasteiger partial charge is 0.353 e. The van der Waals surface area contributed by atoms with Crippen LogP contribution in [0.4, 0.5) is 17.3 Å². The molecule has 0 bridgehead atoms. The summed E-state index contributed by atoms with van der Waals surface area (Å²) in [6.07, 6.45) is 2.08. The topological polar surface area (TPSA) is 132 Å². The summed E-state index contributed by atoms with van der Waals surface area (Å²) in [5.41, 5.74) is -0.203. The van der Waals surface area contributed by atoms with E-state index in [1.807, 2.05) is 6.92 Å². The number of rotatable bonds is 7. The minimum absolute atomic E-state index is 0.107. The molecule has 0 atom stereocenters. The standard InChI is InChI=1S/C11H15N7O3/c1-3-4-12-10-9(18(19)20)11(15-6-14-10)13-5-8-16-7(2)21-17-8/h6H,3-5H2,1-2H3,(H2,12,13,14,15). The van der Waals surface area contributed by atoms with Crippen molar-refractivity contribution in [2.24, 2.45) is 0 Å². The zero-order valence-electron chi connectivity index (χ0n) is 11.7. The lowest BCUT2D eigenvalue weighted by atomic mass is 10.4. The molecular formula is C11H15N7O3. The van der Waals surface area contributed by atoms with Gasteiger partial charge in [0, 0.05) is 13.5 Å². The highest BCUT2D eigenvalue weighted by molar-refractivity contribution is 5.69. The van der Waals surface area contributed by atoms with E-state index in [1.165, 1.54) is 6.33 Å². The van der Waals surface area contributed by atoms with Gasteiger partial charge in [-0.15, -0.1) is 0 Å². The molecule has 0 aliphatic rings. The van der Waals surface area contributed by atoms with Crippen LogP contribution in [0, 0.1) is 17.0 Å². The van der Waals surface area contributed by atoms with Crippen LogP contribution >= 0.6 is 0 Å². The van der Waals surface area contributed by atoms with Crippen LogP contribution in [0.5, 0.6) is 0 Å². The fourth-order valence-corrected chi connectivity index (χ4v) is 1.63. The van der Waals surface area contributed by atoms with Gasteiger partial charge in [0.15, 0.2) is 5.82 Å². The minimum Gasteiger partial charge on any atom is -0.364 e. The zero-order chi connectivity index (χ0) is 15.2. The Balaban J connectivity index is 2.19. The molecular weight excluding hydrogens is 278 g/mol. The highest BCUT2D eigenvalue weighted by Gasteiger charge is 2.22. The van der Waals surface area contributed by atoms with Gasteiger partial charge in [-0.05, 0) is 6.42 Å². The van der Waals surface area contributed by atoms with E-state index in [4.69, 9.17) is 4.52 Å². The lowest BCUT2D eigenvalue weighted by Crippen LogP contribution is -2.10. The van der Waals surface area contributed by atoms with Crippen molar-refractivity contribution in [3.63, 3.8) is 0 Å². The van der Waals surface area contributed by atoms with Crippen LogP contribution in [0.2, 0.25) is 0 Å². The molecule has 0 aromatic carbocycles. The molecule has 0 unspecified atom stereocenters. The van der Waals surface area contributed by atoms with Crippen molar-refractivity contribution in [3.8, 4) is 0 Å². The number of nitro groups is 1. The van der Waals surface area contributed by atoms with Crippen LogP contribution in [0.3, 0.4) is 0 Å². The van der Waals surface area contributed by atoms with Crippen LogP contribution in [0.1, 0.15) is 25.1 Å². The van der Waals surface area contributed by atoms with E-state index in [9.17, 15) is 10.1 Å². The van der Waals surface area contributed by atoms with Crippen molar-refractivity contribution < 1.29 is 9.45 Å². The van der Waals surface area contributed by atoms with Gasteiger partial charge >= 0.3 is 5.69 Å². The van der Waals surface area contributed by atoms with Crippen LogP contribution in [0.15, 0.2) is 10.9 Å². The quantitative estimate of drug-likeness (QED) is 0.575. The first-order valence-electron chi connectivity index (χ1n) is 6.38. The number of aryl methyl sites for hydroxylation is 1. The minimum atomic E-state index is -0.526. The van der Waals surface area contributed by atoms with Crippen molar-refractivity contribution in [3.05, 3.63) is 28.2 Å². The molecule has 0 radical (unpaired) electrons. The molecule has 0 aliphatic carbocycles. The average molecular weight is 293 g/mol. The maximum atomic E-state index is 11.2. The second-order valence-electron chi connectivity index (χ2n) is 4.19. The Kier molecular flexibility index (Phi) is 4.59. The second kappa shape index (κ2) is 6.59. The van der Waals surface area contributed by atoms with E-state index in [2.05, 4.69) is 30.7 Å². The number of anilines is 2. The number of nitrogens with zero attached hydrogens (tertiary/aromatic N) is 5. The first-order valence-corrected chi connectivity index (χ1v) is 6.38. The highest BCUT2D eigenvalue weighted by atomic mass is 16.6. The molecule has 0 saturated heterocycles. The van der Waals surface area contributed by atoms with E-state index < -0.39 is 4.92 Å². The van der Waals surface area contributed by atoms with Crippen LogP contribution < -0.4 is 10.6 Å². The Morgan fingerprint density at radius 2 is 2.05 bits per heavy atom. The molecule has 10 heteroatoms. The SMILES string of the molecule is CCCNc1ncnc(NCc2noc(C)n2)c1[N+](=O)[O-]. The molecule has 112 valence electrons. The summed E-state index contributed by atoms with van der Waals surface area (Å²) in [5.74, 6) is 1.11. The van der Waals surface area contributed by atoms with Crippen molar-refractivity contribution in [2.75, 3.05) is 17.2 Å². The molecule has 2 heterocycles. The predicted molar refractivity (Wildman–Crippen MR) is 73.8 cm³/mol. The Bertz CT molecular complexity index is 628. The van der Waals surface area contributed by atoms with Gasteiger partial charge in [0.25, 0.3) is 0 Å². The summed E-state index contributed by atoms with van der Waals surface area (Å²) in [6.45, 7) is 4.37. The Morgan fingerprint density at radius 3 is 2.62 bits per heavy atom. The van der Waals surface area contributed by atoms with E-state index in [0.29, 0.717) is 18.3 Å². The maximum Gasteiger partial charge on any atom is 0.353 e. The van der Waals surface area contributed by atoms with Gasteiger partial charge in [-0.1, -0.05) is 12.1 Å². The summed E-state index contributed by atoms with van der Waals surface area (Å²) >= 11 is 0. The molecule has 0 fully saturated rings. The van der Waals surface area contributed by atoms with Crippen molar-refractivity contribution >= 4 is 17.3 Å². The predicted octanol–water partition coefficient (Wildman–Crippen LogP) is 1.51. The third-order valence-corrected chi connectivity index (χ3v) is 2.53. The average Bonchev–Trinajstić information content (AvgIpc) is 2.88. The molecule has 2 aromatic heterocycles. The highest BCUT2D eigenvalue weighted by Crippen LogP contribution is 2.28. The number of nitrogens with one attached hydrogen (secondary N) is 2. The first-order chi connectivity index (χ1) is 10.1. The van der Waals surface area contributed by atoms with Crippen LogP contribution in [-0.4, -0.2) is 31.6 Å². The summed E-state index contributed by atoms with van der Waals surface area (Å²) in [6, 6.07) is 0. The van der Waals surface area contributed by atoms with E-state index in [1.54, 1.807) is 6.92 Å². The first kappa shape index (κ1) is 14.6. The maximum absolute atomic E-state index is 11.2.